The fraction of sp³-hybridized carbons (Fsp3) is 0.111. The van der Waals surface area contributed by atoms with Crippen molar-refractivity contribution in [2.24, 2.45) is 0 Å². The number of aromatic nitrogens is 2. The molecular weight excluding hydrogens is 337 g/mol. The molecule has 0 spiro atoms. The van der Waals surface area contributed by atoms with Crippen molar-refractivity contribution in [3.63, 3.8) is 0 Å². The molecule has 26 heavy (non-hydrogen) atoms. The van der Waals surface area contributed by atoms with Crippen LogP contribution in [0.1, 0.15) is 5.56 Å². The number of nitrogens with one attached hydrogen (secondary N) is 2. The van der Waals surface area contributed by atoms with Crippen LogP contribution in [0.4, 0.5) is 27.4 Å². The normalized spacial score (nSPS) is 10.3. The summed E-state index contributed by atoms with van der Waals surface area (Å²) in [5.41, 5.74) is 0.870. The van der Waals surface area contributed by atoms with Gasteiger partial charge in [-0.1, -0.05) is 42.5 Å². The third-order valence-corrected chi connectivity index (χ3v) is 3.68. The minimum atomic E-state index is -0.589. The van der Waals surface area contributed by atoms with E-state index in [1.807, 2.05) is 30.3 Å². The molecule has 132 valence electrons. The lowest BCUT2D eigenvalue weighted by molar-refractivity contribution is -0.383. The molecule has 0 saturated heterocycles. The zero-order chi connectivity index (χ0) is 18.4. The van der Waals surface area contributed by atoms with Crippen LogP contribution in [0.25, 0.3) is 0 Å². The van der Waals surface area contributed by atoms with Gasteiger partial charge in [-0.05, 0) is 24.1 Å². The van der Waals surface area contributed by atoms with E-state index in [-0.39, 0.29) is 23.0 Å². The van der Waals surface area contributed by atoms with Crippen LogP contribution in [0.5, 0.6) is 0 Å². The molecule has 3 aromatic rings. The monoisotopic (exact) mass is 353 g/mol. The van der Waals surface area contributed by atoms with Crippen molar-refractivity contribution in [1.29, 1.82) is 0 Å². The lowest BCUT2D eigenvalue weighted by atomic mass is 10.1. The summed E-state index contributed by atoms with van der Waals surface area (Å²) in [5, 5.41) is 17.1. The molecule has 0 amide bonds. The number of hydrogen-bond acceptors (Lipinski definition) is 6. The van der Waals surface area contributed by atoms with Crippen molar-refractivity contribution in [2.75, 3.05) is 17.2 Å². The van der Waals surface area contributed by atoms with Gasteiger partial charge in [0, 0.05) is 6.54 Å². The maximum absolute atomic E-state index is 13.8. The lowest BCUT2D eigenvalue weighted by Gasteiger charge is -2.10. The molecule has 0 atom stereocenters. The van der Waals surface area contributed by atoms with Crippen LogP contribution in [-0.2, 0) is 6.42 Å². The number of rotatable bonds is 7. The Labute approximate surface area is 149 Å². The summed E-state index contributed by atoms with van der Waals surface area (Å²) < 4.78 is 13.8. The van der Waals surface area contributed by atoms with Gasteiger partial charge in [0.2, 0.25) is 11.6 Å². The maximum Gasteiger partial charge on any atom is 0.353 e. The van der Waals surface area contributed by atoms with Crippen LogP contribution >= 0.6 is 0 Å². The Morgan fingerprint density at radius 3 is 2.42 bits per heavy atom. The number of nitro groups is 1. The van der Waals surface area contributed by atoms with E-state index < -0.39 is 10.7 Å². The Kier molecular flexibility index (Phi) is 5.33. The quantitative estimate of drug-likeness (QED) is 0.494. The predicted molar refractivity (Wildman–Crippen MR) is 97.0 cm³/mol. The van der Waals surface area contributed by atoms with Gasteiger partial charge in [-0.3, -0.25) is 10.1 Å². The third kappa shape index (κ3) is 4.10. The molecule has 1 aromatic heterocycles. The van der Waals surface area contributed by atoms with E-state index >= 15 is 0 Å². The highest BCUT2D eigenvalue weighted by Gasteiger charge is 2.23. The molecule has 0 unspecified atom stereocenters. The summed E-state index contributed by atoms with van der Waals surface area (Å²) in [6, 6.07) is 15.6. The van der Waals surface area contributed by atoms with E-state index in [9.17, 15) is 14.5 Å². The second kappa shape index (κ2) is 8.02. The van der Waals surface area contributed by atoms with Crippen molar-refractivity contribution in [3.05, 3.63) is 82.4 Å². The van der Waals surface area contributed by atoms with Crippen molar-refractivity contribution in [2.45, 2.75) is 6.42 Å². The molecule has 0 radical (unpaired) electrons. The molecule has 0 aliphatic heterocycles. The van der Waals surface area contributed by atoms with Crippen LogP contribution in [0.3, 0.4) is 0 Å². The van der Waals surface area contributed by atoms with Crippen LogP contribution in [-0.4, -0.2) is 21.4 Å². The molecule has 1 heterocycles. The van der Waals surface area contributed by atoms with Crippen molar-refractivity contribution in [3.8, 4) is 0 Å². The van der Waals surface area contributed by atoms with Gasteiger partial charge in [0.05, 0.1) is 10.6 Å². The molecular formula is C18H16FN5O2. The first-order valence-corrected chi connectivity index (χ1v) is 7.94. The molecule has 3 rings (SSSR count). The SMILES string of the molecule is O=[N+]([O-])c1c(NCCc2ccccc2)ncnc1Nc1ccccc1F. The van der Waals surface area contributed by atoms with Gasteiger partial charge in [0.15, 0.2) is 0 Å². The van der Waals surface area contributed by atoms with E-state index in [0.717, 1.165) is 5.56 Å². The Hall–Kier alpha value is -3.55. The zero-order valence-electron chi connectivity index (χ0n) is 13.7. The molecule has 0 bridgehead atoms. The van der Waals surface area contributed by atoms with Crippen LogP contribution in [0, 0.1) is 15.9 Å². The lowest BCUT2D eigenvalue weighted by Crippen LogP contribution is -2.11. The minimum Gasteiger partial charge on any atom is -0.364 e. The highest BCUT2D eigenvalue weighted by Crippen LogP contribution is 2.31. The number of para-hydroxylation sites is 1. The zero-order valence-corrected chi connectivity index (χ0v) is 13.7. The average molecular weight is 353 g/mol. The summed E-state index contributed by atoms with van der Waals surface area (Å²) in [7, 11) is 0. The molecule has 8 heteroatoms. The Morgan fingerprint density at radius 2 is 1.69 bits per heavy atom. The Bertz CT molecular complexity index is 905. The van der Waals surface area contributed by atoms with Gasteiger partial charge in [-0.2, -0.15) is 0 Å². The van der Waals surface area contributed by atoms with Gasteiger partial charge in [0.1, 0.15) is 12.1 Å². The number of nitrogens with zero attached hydrogens (tertiary/aromatic N) is 3. The van der Waals surface area contributed by atoms with Crippen molar-refractivity contribution < 1.29 is 9.31 Å². The smallest absolute Gasteiger partial charge is 0.353 e. The van der Waals surface area contributed by atoms with Crippen molar-refractivity contribution in [1.82, 2.24) is 9.97 Å². The number of halogens is 1. The average Bonchev–Trinajstić information content (AvgIpc) is 2.64. The molecule has 7 nitrogen and oxygen atoms in total. The molecule has 0 aliphatic rings. The van der Waals surface area contributed by atoms with E-state index in [4.69, 9.17) is 0 Å². The first kappa shape index (κ1) is 17.3. The second-order valence-corrected chi connectivity index (χ2v) is 5.44. The first-order valence-electron chi connectivity index (χ1n) is 7.94. The fourth-order valence-electron chi connectivity index (χ4n) is 2.43. The van der Waals surface area contributed by atoms with Crippen LogP contribution in [0.15, 0.2) is 60.9 Å². The fourth-order valence-corrected chi connectivity index (χ4v) is 2.43. The number of anilines is 3. The number of hydrogen-bond donors (Lipinski definition) is 2. The highest BCUT2D eigenvalue weighted by atomic mass is 19.1. The molecule has 0 saturated carbocycles. The predicted octanol–water partition coefficient (Wildman–Crippen LogP) is 3.92. The van der Waals surface area contributed by atoms with Gasteiger partial charge < -0.3 is 10.6 Å². The van der Waals surface area contributed by atoms with Gasteiger partial charge in [-0.25, -0.2) is 14.4 Å². The Morgan fingerprint density at radius 1 is 1.00 bits per heavy atom. The molecule has 2 N–H and O–H groups in total. The van der Waals surface area contributed by atoms with E-state index in [1.165, 1.54) is 24.5 Å². The summed E-state index contributed by atoms with van der Waals surface area (Å²) in [6.45, 7) is 0.459. The van der Waals surface area contributed by atoms with Gasteiger partial charge >= 0.3 is 5.69 Å². The second-order valence-electron chi connectivity index (χ2n) is 5.44. The first-order chi connectivity index (χ1) is 12.6. The maximum atomic E-state index is 13.8. The number of benzene rings is 2. The molecule has 0 aliphatic carbocycles. The largest absolute Gasteiger partial charge is 0.364 e. The van der Waals surface area contributed by atoms with Gasteiger partial charge in [-0.15, -0.1) is 0 Å². The van der Waals surface area contributed by atoms with Crippen LogP contribution < -0.4 is 10.6 Å². The standard InChI is InChI=1S/C18H16FN5O2/c19-14-8-4-5-9-15(14)23-18-16(24(25)26)17(21-12-22-18)20-11-10-13-6-2-1-3-7-13/h1-9,12H,10-11H2,(H2,20,21,22,23). The minimum absolute atomic E-state index is 0.0719. The summed E-state index contributed by atoms with van der Waals surface area (Å²) in [5.74, 6) is -0.518. The highest BCUT2D eigenvalue weighted by molar-refractivity contribution is 5.73. The summed E-state index contributed by atoms with van der Waals surface area (Å²) in [4.78, 5) is 18.8. The van der Waals surface area contributed by atoms with E-state index in [1.54, 1.807) is 6.07 Å². The van der Waals surface area contributed by atoms with Crippen LogP contribution in [0.2, 0.25) is 0 Å². The summed E-state index contributed by atoms with van der Waals surface area (Å²) >= 11 is 0. The third-order valence-electron chi connectivity index (χ3n) is 3.68. The summed E-state index contributed by atoms with van der Waals surface area (Å²) in [6.07, 6.45) is 1.87. The van der Waals surface area contributed by atoms with Crippen molar-refractivity contribution >= 4 is 23.0 Å². The molecule has 0 fully saturated rings. The van der Waals surface area contributed by atoms with Gasteiger partial charge in [0.25, 0.3) is 0 Å². The molecule has 2 aromatic carbocycles. The van der Waals surface area contributed by atoms with E-state index in [2.05, 4.69) is 20.6 Å². The Balaban J connectivity index is 1.80. The van der Waals surface area contributed by atoms with E-state index in [0.29, 0.717) is 13.0 Å². The topological polar surface area (TPSA) is 93.0 Å².